The molecule has 3 heterocycles. The van der Waals surface area contributed by atoms with E-state index in [1.807, 2.05) is 19.3 Å². The van der Waals surface area contributed by atoms with Gasteiger partial charge in [0.2, 0.25) is 0 Å². The maximum Gasteiger partial charge on any atom is 0.135 e. The van der Waals surface area contributed by atoms with Gasteiger partial charge in [-0.25, -0.2) is 9.97 Å². The van der Waals surface area contributed by atoms with E-state index < -0.39 is 11.2 Å². The summed E-state index contributed by atoms with van der Waals surface area (Å²) in [5.74, 6) is 1.54. The molecule has 0 amide bonds. The van der Waals surface area contributed by atoms with Crippen molar-refractivity contribution < 1.29 is 4.55 Å². The van der Waals surface area contributed by atoms with Crippen LogP contribution in [-0.2, 0) is 11.2 Å². The van der Waals surface area contributed by atoms with E-state index in [0.717, 1.165) is 39.5 Å². The van der Waals surface area contributed by atoms with Crippen LogP contribution >= 0.6 is 22.7 Å². The molecule has 0 unspecified atom stereocenters. The Hall–Kier alpha value is -1.41. The monoisotopic (exact) mass is 375 g/mol. The van der Waals surface area contributed by atoms with E-state index >= 15 is 0 Å². The third-order valence-electron chi connectivity index (χ3n) is 4.03. The Morgan fingerprint density at radius 1 is 1.00 bits per heavy atom. The van der Waals surface area contributed by atoms with Gasteiger partial charge in [0, 0.05) is 18.1 Å². The molecule has 1 aliphatic heterocycles. The van der Waals surface area contributed by atoms with Crippen molar-refractivity contribution in [2.45, 2.75) is 6.92 Å². The van der Waals surface area contributed by atoms with Crippen LogP contribution in [0.4, 0.5) is 5.69 Å². The highest BCUT2D eigenvalue weighted by molar-refractivity contribution is 7.91. The van der Waals surface area contributed by atoms with Gasteiger partial charge in [0.15, 0.2) is 0 Å². The van der Waals surface area contributed by atoms with E-state index in [9.17, 15) is 4.55 Å². The molecular weight excluding hydrogens is 358 g/mol. The average molecular weight is 376 g/mol. The molecule has 0 saturated carbocycles. The maximum absolute atomic E-state index is 11.5. The fraction of sp³-hybridized carbons (Fsp3) is 0.294. The number of thiazole rings is 2. The first-order chi connectivity index (χ1) is 11.7. The topological polar surface area (TPSA) is 52.1 Å². The van der Waals surface area contributed by atoms with E-state index in [4.69, 9.17) is 0 Å². The lowest BCUT2D eigenvalue weighted by atomic mass is 10.2. The van der Waals surface area contributed by atoms with Crippen LogP contribution in [0.1, 0.15) is 5.01 Å². The zero-order chi connectivity index (χ0) is 16.5. The van der Waals surface area contributed by atoms with Crippen LogP contribution in [0.3, 0.4) is 0 Å². The van der Waals surface area contributed by atoms with Crippen LogP contribution < -0.4 is 4.90 Å². The molecule has 4 nitrogen and oxygen atoms in total. The summed E-state index contributed by atoms with van der Waals surface area (Å²) in [5, 5.41) is 2.09. The lowest BCUT2D eigenvalue weighted by Gasteiger charge is -2.29. The van der Waals surface area contributed by atoms with Crippen molar-refractivity contribution in [3.63, 3.8) is 0 Å². The van der Waals surface area contributed by atoms with Crippen LogP contribution in [0.2, 0.25) is 0 Å². The third kappa shape index (κ3) is 3.35. The number of hydrogen-bond acceptors (Lipinski definition) is 6. The Morgan fingerprint density at radius 3 is 2.38 bits per heavy atom. The largest absolute Gasteiger partial charge is 0.616 e. The fourth-order valence-corrected chi connectivity index (χ4v) is 5.51. The van der Waals surface area contributed by atoms with Crippen molar-refractivity contribution in [1.82, 2.24) is 9.97 Å². The summed E-state index contributed by atoms with van der Waals surface area (Å²) >= 11 is 2.74. The van der Waals surface area contributed by atoms with Crippen molar-refractivity contribution in [1.29, 1.82) is 0 Å². The standard InChI is InChI=1S/C17H17N3OS3/c1-12-18-11-16(22-12)17-19-10-15(23-17)13-2-4-14(5-3-13)20-6-8-24(21)9-7-20/h2-5,10-11H,6-9H2,1H3. The van der Waals surface area contributed by atoms with Crippen LogP contribution in [0.15, 0.2) is 36.7 Å². The summed E-state index contributed by atoms with van der Waals surface area (Å²) in [6, 6.07) is 8.60. The average Bonchev–Trinajstić information content (AvgIpc) is 3.25. The Bertz CT molecular complexity index is 820. The molecule has 7 heteroatoms. The van der Waals surface area contributed by atoms with E-state index in [2.05, 4.69) is 39.1 Å². The van der Waals surface area contributed by atoms with Crippen molar-refractivity contribution >= 4 is 39.5 Å². The third-order valence-corrected chi connectivity index (χ3v) is 7.44. The van der Waals surface area contributed by atoms with Gasteiger partial charge >= 0.3 is 0 Å². The minimum atomic E-state index is -0.635. The summed E-state index contributed by atoms with van der Waals surface area (Å²) in [4.78, 5) is 13.4. The fourth-order valence-electron chi connectivity index (χ4n) is 2.71. The van der Waals surface area contributed by atoms with Gasteiger partial charge in [0.1, 0.15) is 16.5 Å². The molecule has 124 valence electrons. The van der Waals surface area contributed by atoms with Crippen LogP contribution in [0.5, 0.6) is 0 Å². The van der Waals surface area contributed by atoms with Crippen molar-refractivity contribution in [2.24, 2.45) is 0 Å². The maximum atomic E-state index is 11.5. The van der Waals surface area contributed by atoms with Gasteiger partial charge < -0.3 is 9.45 Å². The smallest absolute Gasteiger partial charge is 0.135 e. The predicted molar refractivity (Wildman–Crippen MR) is 103 cm³/mol. The highest BCUT2D eigenvalue weighted by atomic mass is 32.2. The van der Waals surface area contributed by atoms with Gasteiger partial charge in [-0.05, 0) is 24.6 Å². The Kier molecular flexibility index (Phi) is 4.58. The summed E-state index contributed by atoms with van der Waals surface area (Å²) < 4.78 is 11.5. The van der Waals surface area contributed by atoms with E-state index in [1.54, 1.807) is 22.7 Å². The first kappa shape index (κ1) is 16.1. The zero-order valence-corrected chi connectivity index (χ0v) is 15.7. The highest BCUT2D eigenvalue weighted by Gasteiger charge is 2.19. The summed E-state index contributed by atoms with van der Waals surface area (Å²) in [6.45, 7) is 3.76. The number of rotatable bonds is 3. The van der Waals surface area contributed by atoms with Gasteiger partial charge in [0.05, 0.1) is 27.9 Å². The quantitative estimate of drug-likeness (QED) is 0.653. The Labute approximate surface area is 152 Å². The molecule has 0 aliphatic carbocycles. The number of aryl methyl sites for hydroxylation is 1. The molecule has 0 bridgehead atoms. The lowest BCUT2D eigenvalue weighted by Crippen LogP contribution is -2.40. The molecule has 2 aromatic heterocycles. The zero-order valence-electron chi connectivity index (χ0n) is 13.3. The van der Waals surface area contributed by atoms with Crippen molar-refractivity contribution in [2.75, 3.05) is 29.5 Å². The Morgan fingerprint density at radius 2 is 1.71 bits per heavy atom. The molecular formula is C17H17N3OS3. The van der Waals surface area contributed by atoms with Crippen LogP contribution in [0, 0.1) is 6.92 Å². The minimum Gasteiger partial charge on any atom is -0.616 e. The molecule has 1 fully saturated rings. The number of hydrogen-bond donors (Lipinski definition) is 0. The molecule has 0 radical (unpaired) electrons. The number of benzene rings is 1. The molecule has 0 atom stereocenters. The minimum absolute atomic E-state index is 0.635. The van der Waals surface area contributed by atoms with E-state index in [0.29, 0.717) is 0 Å². The van der Waals surface area contributed by atoms with Gasteiger partial charge in [-0.15, -0.1) is 22.7 Å². The number of aromatic nitrogens is 2. The summed E-state index contributed by atoms with van der Waals surface area (Å²) in [7, 11) is 0. The first-order valence-electron chi connectivity index (χ1n) is 7.78. The van der Waals surface area contributed by atoms with Crippen LogP contribution in [-0.4, -0.2) is 39.1 Å². The van der Waals surface area contributed by atoms with Crippen molar-refractivity contribution in [3.8, 4) is 20.3 Å². The van der Waals surface area contributed by atoms with E-state index in [-0.39, 0.29) is 0 Å². The van der Waals surface area contributed by atoms with Gasteiger partial charge in [-0.2, -0.15) is 0 Å². The lowest BCUT2D eigenvalue weighted by molar-refractivity contribution is 0.586. The van der Waals surface area contributed by atoms with E-state index in [1.165, 1.54) is 16.1 Å². The SMILES string of the molecule is Cc1ncc(-c2ncc(-c3ccc(N4CC[S+]([O-])CC4)cc3)s2)s1. The van der Waals surface area contributed by atoms with Crippen LogP contribution in [0.25, 0.3) is 20.3 Å². The van der Waals surface area contributed by atoms with Crippen molar-refractivity contribution in [3.05, 3.63) is 41.7 Å². The molecule has 3 aromatic rings. The summed E-state index contributed by atoms with van der Waals surface area (Å²) in [6.07, 6.45) is 3.83. The van der Waals surface area contributed by atoms with Gasteiger partial charge in [0.25, 0.3) is 0 Å². The summed E-state index contributed by atoms with van der Waals surface area (Å²) in [5.41, 5.74) is 2.39. The number of nitrogens with zero attached hydrogens (tertiary/aromatic N) is 3. The molecule has 24 heavy (non-hydrogen) atoms. The second-order valence-corrected chi connectivity index (χ2v) is 9.62. The normalized spacial score (nSPS) is 15.8. The van der Waals surface area contributed by atoms with Gasteiger partial charge in [-0.3, -0.25) is 0 Å². The predicted octanol–water partition coefficient (Wildman–Crippen LogP) is 3.81. The molecule has 0 N–H and O–H groups in total. The first-order valence-corrected chi connectivity index (χ1v) is 10.9. The van der Waals surface area contributed by atoms with Gasteiger partial charge in [-0.1, -0.05) is 23.3 Å². The second kappa shape index (κ2) is 6.84. The molecule has 4 rings (SSSR count). The Balaban J connectivity index is 1.52. The highest BCUT2D eigenvalue weighted by Crippen LogP contribution is 2.35. The molecule has 0 spiro atoms. The molecule has 1 saturated heterocycles. The molecule has 1 aromatic carbocycles. The second-order valence-electron chi connectivity index (χ2n) is 5.66. The molecule has 1 aliphatic rings. The number of anilines is 1.